The SMILES string of the molecule is O=C(CN1CCn2nc(-c3ccc(Cl)cc3)cc2C1=O)NCc1ccccc1F. The van der Waals surface area contributed by atoms with Gasteiger partial charge in [0.15, 0.2) is 0 Å². The van der Waals surface area contributed by atoms with Crippen molar-refractivity contribution < 1.29 is 14.0 Å². The van der Waals surface area contributed by atoms with Gasteiger partial charge in [0.1, 0.15) is 11.5 Å². The molecule has 0 bridgehead atoms. The fourth-order valence-corrected chi connectivity index (χ4v) is 3.34. The summed E-state index contributed by atoms with van der Waals surface area (Å²) in [6, 6.07) is 15.2. The summed E-state index contributed by atoms with van der Waals surface area (Å²) in [5.41, 5.74) is 2.37. The van der Waals surface area contributed by atoms with Gasteiger partial charge in [0.25, 0.3) is 5.91 Å². The number of fused-ring (bicyclic) bond motifs is 1. The van der Waals surface area contributed by atoms with Gasteiger partial charge in [0.05, 0.1) is 18.8 Å². The Hall–Kier alpha value is -3.19. The number of carbonyl (C=O) groups excluding carboxylic acids is 2. The highest BCUT2D eigenvalue weighted by Gasteiger charge is 2.28. The van der Waals surface area contributed by atoms with Crippen molar-refractivity contribution in [3.05, 3.63) is 76.7 Å². The third-order valence-corrected chi connectivity index (χ3v) is 5.03. The van der Waals surface area contributed by atoms with Gasteiger partial charge in [-0.3, -0.25) is 14.3 Å². The van der Waals surface area contributed by atoms with Crippen molar-refractivity contribution >= 4 is 23.4 Å². The van der Waals surface area contributed by atoms with Gasteiger partial charge < -0.3 is 10.2 Å². The first-order valence-electron chi connectivity index (χ1n) is 9.14. The minimum absolute atomic E-state index is 0.0756. The highest BCUT2D eigenvalue weighted by atomic mass is 35.5. The summed E-state index contributed by atoms with van der Waals surface area (Å²) in [5, 5.41) is 7.77. The maximum Gasteiger partial charge on any atom is 0.272 e. The number of rotatable bonds is 5. The molecule has 1 aromatic heterocycles. The zero-order chi connectivity index (χ0) is 20.4. The number of aromatic nitrogens is 2. The lowest BCUT2D eigenvalue weighted by Crippen LogP contribution is -2.45. The Balaban J connectivity index is 1.41. The van der Waals surface area contributed by atoms with E-state index in [2.05, 4.69) is 10.4 Å². The van der Waals surface area contributed by atoms with Gasteiger partial charge in [-0.1, -0.05) is 41.9 Å². The summed E-state index contributed by atoms with van der Waals surface area (Å²) in [7, 11) is 0. The van der Waals surface area contributed by atoms with Crippen molar-refractivity contribution in [1.82, 2.24) is 20.0 Å². The van der Waals surface area contributed by atoms with Crippen molar-refractivity contribution in [3.63, 3.8) is 0 Å². The monoisotopic (exact) mass is 412 g/mol. The maximum absolute atomic E-state index is 13.7. The molecule has 2 aromatic carbocycles. The molecule has 8 heteroatoms. The van der Waals surface area contributed by atoms with Crippen LogP contribution in [-0.2, 0) is 17.9 Å². The van der Waals surface area contributed by atoms with Crippen LogP contribution in [0.3, 0.4) is 0 Å². The van der Waals surface area contributed by atoms with Crippen molar-refractivity contribution in [3.8, 4) is 11.3 Å². The van der Waals surface area contributed by atoms with E-state index in [4.69, 9.17) is 11.6 Å². The molecular weight excluding hydrogens is 395 g/mol. The molecule has 0 fully saturated rings. The molecule has 2 amide bonds. The molecular formula is C21H18ClFN4O2. The van der Waals surface area contributed by atoms with Crippen molar-refractivity contribution in [2.75, 3.05) is 13.1 Å². The third-order valence-electron chi connectivity index (χ3n) is 4.78. The van der Waals surface area contributed by atoms with Crippen LogP contribution in [0, 0.1) is 5.82 Å². The zero-order valence-electron chi connectivity index (χ0n) is 15.4. The molecule has 4 rings (SSSR count). The van der Waals surface area contributed by atoms with Crippen LogP contribution in [0.4, 0.5) is 4.39 Å². The first kappa shape index (κ1) is 19.1. The topological polar surface area (TPSA) is 67.2 Å². The van der Waals surface area contributed by atoms with E-state index in [-0.39, 0.29) is 30.7 Å². The number of amides is 2. The summed E-state index contributed by atoms with van der Waals surface area (Å²) in [5.74, 6) is -0.974. The molecule has 0 aliphatic carbocycles. The second kappa shape index (κ2) is 8.05. The maximum atomic E-state index is 13.7. The molecule has 0 unspecified atom stereocenters. The van der Waals surface area contributed by atoms with E-state index < -0.39 is 0 Å². The summed E-state index contributed by atoms with van der Waals surface area (Å²) < 4.78 is 15.3. The lowest BCUT2D eigenvalue weighted by molar-refractivity contribution is -0.122. The lowest BCUT2D eigenvalue weighted by atomic mass is 10.1. The van der Waals surface area contributed by atoms with E-state index in [1.165, 1.54) is 11.0 Å². The Kier molecular flexibility index (Phi) is 5.31. The van der Waals surface area contributed by atoms with Crippen LogP contribution in [0.25, 0.3) is 11.3 Å². The van der Waals surface area contributed by atoms with Crippen LogP contribution in [0.2, 0.25) is 5.02 Å². The average molecular weight is 413 g/mol. The Morgan fingerprint density at radius 2 is 1.90 bits per heavy atom. The number of carbonyl (C=O) groups is 2. The Bertz CT molecular complexity index is 1060. The fourth-order valence-electron chi connectivity index (χ4n) is 3.22. The minimum atomic E-state index is -0.375. The number of hydrogen-bond donors (Lipinski definition) is 1. The second-order valence-electron chi connectivity index (χ2n) is 6.74. The Morgan fingerprint density at radius 1 is 1.14 bits per heavy atom. The van der Waals surface area contributed by atoms with Crippen LogP contribution in [-0.4, -0.2) is 39.6 Å². The molecule has 0 spiro atoms. The van der Waals surface area contributed by atoms with Gasteiger partial charge in [-0.2, -0.15) is 5.10 Å². The van der Waals surface area contributed by atoms with Crippen molar-refractivity contribution in [2.24, 2.45) is 0 Å². The second-order valence-corrected chi connectivity index (χ2v) is 7.18. The summed E-state index contributed by atoms with van der Waals surface area (Å²) >= 11 is 5.92. The zero-order valence-corrected chi connectivity index (χ0v) is 16.2. The molecule has 2 heterocycles. The largest absolute Gasteiger partial charge is 0.350 e. The van der Waals surface area contributed by atoms with Crippen LogP contribution < -0.4 is 5.32 Å². The number of halogens is 2. The van der Waals surface area contributed by atoms with E-state index >= 15 is 0 Å². The quantitative estimate of drug-likeness (QED) is 0.700. The van der Waals surface area contributed by atoms with Gasteiger partial charge in [-0.25, -0.2) is 4.39 Å². The van der Waals surface area contributed by atoms with Gasteiger partial charge in [-0.05, 0) is 24.3 Å². The number of nitrogens with one attached hydrogen (secondary N) is 1. The van der Waals surface area contributed by atoms with E-state index in [0.29, 0.717) is 35.1 Å². The highest BCUT2D eigenvalue weighted by Crippen LogP contribution is 2.23. The van der Waals surface area contributed by atoms with Crippen LogP contribution in [0.5, 0.6) is 0 Å². The molecule has 0 atom stereocenters. The molecule has 6 nitrogen and oxygen atoms in total. The Morgan fingerprint density at radius 3 is 2.66 bits per heavy atom. The Labute approximate surface area is 171 Å². The first-order valence-corrected chi connectivity index (χ1v) is 9.52. The third kappa shape index (κ3) is 4.14. The van der Waals surface area contributed by atoms with E-state index in [1.54, 1.807) is 41.1 Å². The number of nitrogens with zero attached hydrogens (tertiary/aromatic N) is 3. The molecule has 1 N–H and O–H groups in total. The molecule has 1 aliphatic rings. The molecule has 148 valence electrons. The normalized spacial score (nSPS) is 13.3. The molecule has 1 aliphatic heterocycles. The van der Waals surface area contributed by atoms with Gasteiger partial charge >= 0.3 is 0 Å². The highest BCUT2D eigenvalue weighted by molar-refractivity contribution is 6.30. The standard InChI is InChI=1S/C21H18ClFN4O2/c22-16-7-5-14(6-8-16)18-11-19-21(29)26(9-10-27(19)25-18)13-20(28)24-12-15-3-1-2-4-17(15)23/h1-8,11H,9-10,12-13H2,(H,24,28). The first-order chi connectivity index (χ1) is 14.0. The van der Waals surface area contributed by atoms with Gasteiger partial charge in [-0.15, -0.1) is 0 Å². The van der Waals surface area contributed by atoms with E-state index in [0.717, 1.165) is 5.56 Å². The lowest BCUT2D eigenvalue weighted by Gasteiger charge is -2.26. The molecule has 29 heavy (non-hydrogen) atoms. The molecule has 0 saturated heterocycles. The van der Waals surface area contributed by atoms with Crippen LogP contribution in [0.1, 0.15) is 16.1 Å². The van der Waals surface area contributed by atoms with Crippen molar-refractivity contribution in [1.29, 1.82) is 0 Å². The molecule has 3 aromatic rings. The smallest absolute Gasteiger partial charge is 0.272 e. The van der Waals surface area contributed by atoms with Crippen LogP contribution >= 0.6 is 11.6 Å². The van der Waals surface area contributed by atoms with E-state index in [9.17, 15) is 14.0 Å². The van der Waals surface area contributed by atoms with Crippen molar-refractivity contribution in [2.45, 2.75) is 13.1 Å². The van der Waals surface area contributed by atoms with E-state index in [1.807, 2.05) is 12.1 Å². The predicted molar refractivity (Wildman–Crippen MR) is 107 cm³/mol. The fraction of sp³-hybridized carbons (Fsp3) is 0.190. The minimum Gasteiger partial charge on any atom is -0.350 e. The van der Waals surface area contributed by atoms with Gasteiger partial charge in [0.2, 0.25) is 5.91 Å². The number of benzene rings is 2. The van der Waals surface area contributed by atoms with Gasteiger partial charge in [0, 0.05) is 29.2 Å². The number of hydrogen-bond acceptors (Lipinski definition) is 3. The average Bonchev–Trinajstić information content (AvgIpc) is 3.15. The summed E-state index contributed by atoms with van der Waals surface area (Å²) in [6.07, 6.45) is 0. The molecule has 0 saturated carbocycles. The summed E-state index contributed by atoms with van der Waals surface area (Å²) in [6.45, 7) is 0.858. The predicted octanol–water partition coefficient (Wildman–Crippen LogP) is 3.11. The molecule has 0 radical (unpaired) electrons. The van der Waals surface area contributed by atoms with Crippen LogP contribution in [0.15, 0.2) is 54.6 Å². The summed E-state index contributed by atoms with van der Waals surface area (Å²) in [4.78, 5) is 26.5.